The summed E-state index contributed by atoms with van der Waals surface area (Å²) < 4.78 is 63.8. The average molecular weight is 638 g/mol. The summed E-state index contributed by atoms with van der Waals surface area (Å²) in [5, 5.41) is 9.21. The predicted octanol–water partition coefficient (Wildman–Crippen LogP) is 4.96. The van der Waals surface area contributed by atoms with E-state index in [4.69, 9.17) is 4.98 Å². The fourth-order valence-corrected chi connectivity index (χ4v) is 6.74. The number of allylic oxidation sites excluding steroid dienone is 2. The van der Waals surface area contributed by atoms with E-state index in [9.17, 15) is 14.0 Å². The van der Waals surface area contributed by atoms with E-state index in [2.05, 4.69) is 20.9 Å². The van der Waals surface area contributed by atoms with Crippen molar-refractivity contribution in [2.45, 2.75) is 63.8 Å². The quantitative estimate of drug-likeness (QED) is 0.218. The number of aromatic nitrogens is 4. The third kappa shape index (κ3) is 5.23. The van der Waals surface area contributed by atoms with Crippen LogP contribution in [0, 0.1) is 17.2 Å². The zero-order valence-corrected chi connectivity index (χ0v) is 25.7. The number of piperidine rings is 1. The maximum atomic E-state index is 15.6. The molecule has 13 heteroatoms. The SMILES string of the molecule is C[C@H]1NC(=O)[C@@]2(C)C[C@@H]2C/C=C/C(F)(F)Cn2c(-c3nc4cc(C(=O)N[C@H]5CNCC[C@@H]5F)c(F)cc4n3C)cc3ccc1nc32. The van der Waals surface area contributed by atoms with Crippen LogP contribution in [0.3, 0.4) is 0 Å². The highest BCUT2D eigenvalue weighted by atomic mass is 19.3. The number of halogens is 4. The molecule has 7 rings (SSSR count). The normalized spacial score (nSPS) is 28.5. The van der Waals surface area contributed by atoms with Gasteiger partial charge in [-0.05, 0) is 69.0 Å². The van der Waals surface area contributed by atoms with Crippen molar-refractivity contribution in [1.29, 1.82) is 0 Å². The number of imidazole rings is 1. The molecule has 1 aromatic carbocycles. The Morgan fingerprint density at radius 2 is 1.98 bits per heavy atom. The number of fused-ring (bicyclic) bond motifs is 3. The van der Waals surface area contributed by atoms with E-state index in [1.807, 2.05) is 13.8 Å². The first-order valence-corrected chi connectivity index (χ1v) is 15.5. The summed E-state index contributed by atoms with van der Waals surface area (Å²) in [5.74, 6) is -4.71. The molecule has 5 heterocycles. The Hall–Kier alpha value is -4.26. The minimum atomic E-state index is -3.26. The van der Waals surface area contributed by atoms with Crippen LogP contribution < -0.4 is 16.0 Å². The molecular formula is C33H35F4N7O2. The third-order valence-corrected chi connectivity index (χ3v) is 9.80. The highest BCUT2D eigenvalue weighted by Crippen LogP contribution is 2.55. The van der Waals surface area contributed by atoms with Crippen LogP contribution in [-0.2, 0) is 18.4 Å². The molecule has 0 spiro atoms. The minimum absolute atomic E-state index is 0.0204. The van der Waals surface area contributed by atoms with Gasteiger partial charge in [0.15, 0.2) is 5.82 Å². The standard InChI is InChI=1S/C33H35F4N7O2/c1-17-23-7-6-18-11-27(44(28(18)40-23)16-33(36,37)9-4-5-19-14-32(19,2)31(46)39-17)29-41-24-12-20(22(35)13-26(24)43(29)3)30(45)42-25-15-38-10-8-21(25)34/h4,6-7,9,11-13,17,19,21,25,38H,5,8,10,14-16H2,1-3H3,(H,39,46)(H,42,45)/b9-4+/t17-,19+,21+,25+,32+/m1/s1. The maximum Gasteiger partial charge on any atom is 0.284 e. The molecule has 5 atom stereocenters. The number of amides is 2. The summed E-state index contributed by atoms with van der Waals surface area (Å²) in [6.07, 6.45) is 2.31. The van der Waals surface area contributed by atoms with Crippen LogP contribution in [0.25, 0.3) is 33.6 Å². The van der Waals surface area contributed by atoms with Gasteiger partial charge in [0.05, 0.1) is 46.6 Å². The molecule has 1 aliphatic carbocycles. The Kier molecular flexibility index (Phi) is 7.22. The van der Waals surface area contributed by atoms with Crippen molar-refractivity contribution in [3.05, 3.63) is 59.6 Å². The van der Waals surface area contributed by atoms with Gasteiger partial charge in [-0.25, -0.2) is 18.7 Å². The molecule has 2 amide bonds. The minimum Gasteiger partial charge on any atom is -0.348 e. The van der Waals surface area contributed by atoms with E-state index in [0.717, 1.165) is 6.08 Å². The Labute approximate surface area is 262 Å². The summed E-state index contributed by atoms with van der Waals surface area (Å²) in [7, 11) is 1.64. The van der Waals surface area contributed by atoms with Gasteiger partial charge in [0.2, 0.25) is 5.91 Å². The first-order chi connectivity index (χ1) is 21.8. The Bertz CT molecular complexity index is 1920. The van der Waals surface area contributed by atoms with Crippen molar-refractivity contribution in [2.24, 2.45) is 18.4 Å². The molecule has 0 radical (unpaired) electrons. The maximum absolute atomic E-state index is 15.6. The number of alkyl halides is 3. The van der Waals surface area contributed by atoms with Gasteiger partial charge in [0, 0.05) is 30.5 Å². The Balaban J connectivity index is 1.31. The van der Waals surface area contributed by atoms with Gasteiger partial charge in [0.25, 0.3) is 11.8 Å². The van der Waals surface area contributed by atoms with Crippen molar-refractivity contribution < 1.29 is 27.2 Å². The molecule has 0 unspecified atom stereocenters. The van der Waals surface area contributed by atoms with E-state index in [1.165, 1.54) is 22.8 Å². The molecule has 2 bridgehead atoms. The molecule has 1 saturated carbocycles. The molecule has 3 aliphatic rings. The molecule has 46 heavy (non-hydrogen) atoms. The largest absolute Gasteiger partial charge is 0.348 e. The molecule has 3 aromatic heterocycles. The van der Waals surface area contributed by atoms with Crippen molar-refractivity contribution >= 4 is 33.9 Å². The Morgan fingerprint density at radius 3 is 2.76 bits per heavy atom. The van der Waals surface area contributed by atoms with E-state index in [1.54, 1.807) is 29.8 Å². The Morgan fingerprint density at radius 1 is 1.17 bits per heavy atom. The van der Waals surface area contributed by atoms with Gasteiger partial charge in [-0.1, -0.05) is 13.0 Å². The number of nitrogens with one attached hydrogen (secondary N) is 3. The number of carbonyl (C=O) groups excluding carboxylic acids is 2. The zero-order valence-electron chi connectivity index (χ0n) is 25.7. The lowest BCUT2D eigenvalue weighted by Crippen LogP contribution is -2.52. The fourth-order valence-electron chi connectivity index (χ4n) is 6.74. The number of hydrogen-bond donors (Lipinski definition) is 3. The van der Waals surface area contributed by atoms with E-state index >= 15 is 13.2 Å². The second kappa shape index (κ2) is 10.9. The monoisotopic (exact) mass is 637 g/mol. The van der Waals surface area contributed by atoms with E-state index < -0.39 is 47.9 Å². The van der Waals surface area contributed by atoms with Crippen LogP contribution >= 0.6 is 0 Å². The summed E-state index contributed by atoms with van der Waals surface area (Å²) in [6, 6.07) is 6.44. The van der Waals surface area contributed by atoms with Gasteiger partial charge in [-0.15, -0.1) is 0 Å². The lowest BCUT2D eigenvalue weighted by Gasteiger charge is -2.27. The zero-order chi connectivity index (χ0) is 32.5. The van der Waals surface area contributed by atoms with Crippen LogP contribution in [0.5, 0.6) is 0 Å². The van der Waals surface area contributed by atoms with Crippen molar-refractivity contribution in [1.82, 2.24) is 35.1 Å². The summed E-state index contributed by atoms with van der Waals surface area (Å²) in [5.41, 5.74) is 0.857. The van der Waals surface area contributed by atoms with Gasteiger partial charge in [-0.2, -0.15) is 8.78 Å². The summed E-state index contributed by atoms with van der Waals surface area (Å²) in [6.45, 7) is 3.67. The van der Waals surface area contributed by atoms with Crippen molar-refractivity contribution in [3.63, 3.8) is 0 Å². The molecule has 3 N–H and O–H groups in total. The van der Waals surface area contributed by atoms with Crippen LogP contribution in [0.4, 0.5) is 17.6 Å². The summed E-state index contributed by atoms with van der Waals surface area (Å²) >= 11 is 0. The number of rotatable bonds is 3. The van der Waals surface area contributed by atoms with Crippen LogP contribution in [0.2, 0.25) is 0 Å². The molecule has 1 saturated heterocycles. The van der Waals surface area contributed by atoms with Crippen molar-refractivity contribution in [3.8, 4) is 11.5 Å². The smallest absolute Gasteiger partial charge is 0.284 e. The predicted molar refractivity (Wildman–Crippen MR) is 165 cm³/mol. The highest BCUT2D eigenvalue weighted by Gasteiger charge is 2.55. The number of carbonyl (C=O) groups is 2. The lowest BCUT2D eigenvalue weighted by atomic mass is 10.0. The fraction of sp³-hybridized carbons (Fsp3) is 0.455. The van der Waals surface area contributed by atoms with Gasteiger partial charge in [0.1, 0.15) is 17.6 Å². The van der Waals surface area contributed by atoms with Gasteiger partial charge < -0.3 is 25.1 Å². The summed E-state index contributed by atoms with van der Waals surface area (Å²) in [4.78, 5) is 35.5. The molecular weight excluding hydrogens is 602 g/mol. The van der Waals surface area contributed by atoms with Crippen LogP contribution in [0.1, 0.15) is 55.2 Å². The van der Waals surface area contributed by atoms with Crippen molar-refractivity contribution in [2.75, 3.05) is 13.1 Å². The molecule has 2 fully saturated rings. The lowest BCUT2D eigenvalue weighted by molar-refractivity contribution is -0.126. The highest BCUT2D eigenvalue weighted by molar-refractivity contribution is 5.98. The molecule has 4 aromatic rings. The second-order valence-electron chi connectivity index (χ2n) is 13.1. The molecule has 242 valence electrons. The first kappa shape index (κ1) is 30.4. The average Bonchev–Trinajstić information content (AvgIpc) is 3.40. The molecule has 9 nitrogen and oxygen atoms in total. The topological polar surface area (TPSA) is 106 Å². The van der Waals surface area contributed by atoms with Gasteiger partial charge in [-0.3, -0.25) is 9.59 Å². The van der Waals surface area contributed by atoms with E-state index in [-0.39, 0.29) is 47.3 Å². The molecule has 2 aliphatic heterocycles. The number of aryl methyl sites for hydroxylation is 1. The number of benzene rings is 1. The van der Waals surface area contributed by atoms with Crippen LogP contribution in [0.15, 0.2) is 42.5 Å². The second-order valence-corrected chi connectivity index (χ2v) is 13.1. The van der Waals surface area contributed by atoms with Crippen LogP contribution in [-0.4, -0.2) is 62.1 Å². The number of nitrogens with zero attached hydrogens (tertiary/aromatic N) is 4. The third-order valence-electron chi connectivity index (χ3n) is 9.80. The first-order valence-electron chi connectivity index (χ1n) is 15.5. The number of hydrogen-bond acceptors (Lipinski definition) is 5. The van der Waals surface area contributed by atoms with E-state index in [0.29, 0.717) is 41.7 Å². The number of pyridine rings is 1. The van der Waals surface area contributed by atoms with Gasteiger partial charge >= 0.3 is 0 Å².